The Labute approximate surface area is 203 Å². The van der Waals surface area contributed by atoms with Crippen LogP contribution in [0.25, 0.3) is 11.6 Å². The molecule has 33 heavy (non-hydrogen) atoms. The van der Waals surface area contributed by atoms with Gasteiger partial charge in [0.1, 0.15) is 5.75 Å². The number of hydrogen-bond acceptors (Lipinski definition) is 6. The standard InChI is InChI=1S/C24H27BBrNO5S/c1-15(2)19-14-33(30,31)23-13-25(29)32-22(24(19)23)9-6-16(20-5-3-4-10-27-20)11-17-12-18(26)7-8-21(17)28/h3-5,7-8,10-12,15,22-23,28-29H,6,9,13-14H2,1-2H3/b16-11-/t22-,23+/m1/s1. The van der Waals surface area contributed by atoms with Gasteiger partial charge in [-0.25, -0.2) is 8.42 Å². The highest BCUT2D eigenvalue weighted by atomic mass is 79.9. The van der Waals surface area contributed by atoms with Gasteiger partial charge in [-0.1, -0.05) is 35.8 Å². The highest BCUT2D eigenvalue weighted by Crippen LogP contribution is 2.42. The fourth-order valence-electron chi connectivity index (χ4n) is 4.66. The molecule has 0 radical (unpaired) electrons. The fourth-order valence-corrected chi connectivity index (χ4v) is 7.32. The van der Waals surface area contributed by atoms with Gasteiger partial charge >= 0.3 is 7.12 Å². The molecule has 1 saturated heterocycles. The minimum atomic E-state index is -3.34. The average Bonchev–Trinajstić information content (AvgIpc) is 3.05. The predicted octanol–water partition coefficient (Wildman–Crippen LogP) is 4.50. The number of aromatic hydroxyl groups is 1. The van der Waals surface area contributed by atoms with Crippen LogP contribution in [-0.2, 0) is 14.5 Å². The first-order valence-electron chi connectivity index (χ1n) is 11.0. The molecule has 3 heterocycles. The first-order chi connectivity index (χ1) is 15.7. The van der Waals surface area contributed by atoms with Crippen molar-refractivity contribution in [3.05, 3.63) is 69.5 Å². The molecule has 9 heteroatoms. The number of phenolic OH excluding ortho intramolecular Hbond substituents is 1. The van der Waals surface area contributed by atoms with E-state index in [-0.39, 0.29) is 23.7 Å². The molecule has 0 aliphatic carbocycles. The molecule has 2 aliphatic rings. The van der Waals surface area contributed by atoms with Crippen molar-refractivity contribution in [1.82, 2.24) is 4.98 Å². The maximum atomic E-state index is 12.8. The van der Waals surface area contributed by atoms with E-state index in [1.54, 1.807) is 18.3 Å². The lowest BCUT2D eigenvalue weighted by Crippen LogP contribution is -2.42. The number of hydrogen-bond donors (Lipinski definition) is 2. The van der Waals surface area contributed by atoms with E-state index >= 15 is 0 Å². The van der Waals surface area contributed by atoms with Gasteiger partial charge in [0.05, 0.1) is 22.8 Å². The molecule has 2 aromatic rings. The van der Waals surface area contributed by atoms with Crippen LogP contribution in [0.4, 0.5) is 0 Å². The highest BCUT2D eigenvalue weighted by Gasteiger charge is 2.48. The summed E-state index contributed by atoms with van der Waals surface area (Å²) in [5.74, 6) is 0.278. The van der Waals surface area contributed by atoms with E-state index in [1.807, 2.05) is 44.2 Å². The second-order valence-corrected chi connectivity index (χ2v) is 12.0. The van der Waals surface area contributed by atoms with Crippen molar-refractivity contribution in [2.45, 2.75) is 44.4 Å². The van der Waals surface area contributed by atoms with E-state index in [1.165, 1.54) is 0 Å². The number of sulfone groups is 1. The smallest absolute Gasteiger partial charge is 0.456 e. The van der Waals surface area contributed by atoms with E-state index in [0.29, 0.717) is 18.4 Å². The van der Waals surface area contributed by atoms with E-state index < -0.39 is 28.3 Å². The van der Waals surface area contributed by atoms with Gasteiger partial charge in [-0.2, -0.15) is 0 Å². The van der Waals surface area contributed by atoms with Gasteiger partial charge in [0.25, 0.3) is 0 Å². The Balaban J connectivity index is 1.68. The number of fused-ring (bicyclic) bond motifs is 1. The molecule has 1 fully saturated rings. The molecular weight excluding hydrogens is 505 g/mol. The fraction of sp³-hybridized carbons (Fsp3) is 0.375. The normalized spacial score (nSPS) is 22.7. The van der Waals surface area contributed by atoms with Crippen LogP contribution in [0.1, 0.15) is 37.9 Å². The second-order valence-electron chi connectivity index (χ2n) is 8.87. The summed E-state index contributed by atoms with van der Waals surface area (Å²) in [7, 11) is -4.45. The van der Waals surface area contributed by atoms with Crippen molar-refractivity contribution in [3.63, 3.8) is 0 Å². The zero-order valence-electron chi connectivity index (χ0n) is 18.6. The topological polar surface area (TPSA) is 96.7 Å². The SMILES string of the molecule is CC(C)C1=C2[C@@H](CC/C(=C/c3cc(Br)ccc3O)c3ccccn3)OB(O)C[C@@H]2S(=O)(=O)C1. The van der Waals surface area contributed by atoms with E-state index in [4.69, 9.17) is 4.65 Å². The largest absolute Gasteiger partial charge is 0.507 e. The van der Waals surface area contributed by atoms with Gasteiger partial charge in [0, 0.05) is 22.6 Å². The van der Waals surface area contributed by atoms with Crippen LogP contribution in [0.5, 0.6) is 5.75 Å². The van der Waals surface area contributed by atoms with Gasteiger partial charge < -0.3 is 14.8 Å². The zero-order valence-corrected chi connectivity index (χ0v) is 21.0. The molecule has 174 valence electrons. The van der Waals surface area contributed by atoms with Crippen molar-refractivity contribution < 1.29 is 23.2 Å². The first-order valence-corrected chi connectivity index (χ1v) is 13.5. The molecule has 0 unspecified atom stereocenters. The molecule has 2 atom stereocenters. The summed E-state index contributed by atoms with van der Waals surface area (Å²) in [6.07, 6.45) is 4.22. The zero-order chi connectivity index (χ0) is 23.8. The Morgan fingerprint density at radius 2 is 2.12 bits per heavy atom. The Morgan fingerprint density at radius 1 is 1.33 bits per heavy atom. The van der Waals surface area contributed by atoms with Crippen LogP contribution in [-0.4, -0.2) is 47.8 Å². The van der Waals surface area contributed by atoms with Crippen molar-refractivity contribution >= 4 is 44.5 Å². The third-order valence-corrected chi connectivity index (χ3v) is 8.80. The molecule has 2 aliphatic heterocycles. The summed E-state index contributed by atoms with van der Waals surface area (Å²) in [5, 5.41) is 20.0. The molecule has 1 aromatic heterocycles. The Hall–Kier alpha value is -1.94. The minimum Gasteiger partial charge on any atom is -0.507 e. The third kappa shape index (κ3) is 5.26. The number of pyridine rings is 1. The lowest BCUT2D eigenvalue weighted by Gasteiger charge is -2.32. The lowest BCUT2D eigenvalue weighted by molar-refractivity contribution is 0.170. The van der Waals surface area contributed by atoms with Crippen LogP contribution in [0, 0.1) is 5.92 Å². The molecule has 0 saturated carbocycles. The average molecular weight is 532 g/mol. The quantitative estimate of drug-likeness (QED) is 0.421. The summed E-state index contributed by atoms with van der Waals surface area (Å²) in [6.45, 7) is 4.00. The van der Waals surface area contributed by atoms with E-state index in [2.05, 4.69) is 20.9 Å². The molecule has 0 amide bonds. The molecule has 6 nitrogen and oxygen atoms in total. The summed E-state index contributed by atoms with van der Waals surface area (Å²) >= 11 is 3.45. The monoisotopic (exact) mass is 531 g/mol. The minimum absolute atomic E-state index is 0.0338. The first kappa shape index (κ1) is 24.2. The number of nitrogens with zero attached hydrogens (tertiary/aromatic N) is 1. The van der Waals surface area contributed by atoms with Gasteiger partial charge in [-0.3, -0.25) is 4.98 Å². The van der Waals surface area contributed by atoms with Crippen LogP contribution in [0.15, 0.2) is 58.2 Å². The Kier molecular flexibility index (Phi) is 7.14. The summed E-state index contributed by atoms with van der Waals surface area (Å²) < 4.78 is 32.3. The van der Waals surface area contributed by atoms with Crippen LogP contribution in [0.2, 0.25) is 6.32 Å². The van der Waals surface area contributed by atoms with Crippen molar-refractivity contribution in [1.29, 1.82) is 0 Å². The molecular formula is C24H27BBrNO5S. The highest BCUT2D eigenvalue weighted by molar-refractivity contribution is 9.10. The maximum Gasteiger partial charge on any atom is 0.456 e. The Morgan fingerprint density at radius 3 is 2.82 bits per heavy atom. The van der Waals surface area contributed by atoms with Crippen molar-refractivity contribution in [3.8, 4) is 5.75 Å². The van der Waals surface area contributed by atoms with Crippen molar-refractivity contribution in [2.75, 3.05) is 5.75 Å². The Bertz CT molecular complexity index is 1200. The summed E-state index contributed by atoms with van der Waals surface area (Å²) in [5.41, 5.74) is 4.03. The van der Waals surface area contributed by atoms with E-state index in [9.17, 15) is 18.5 Å². The number of halogens is 1. The molecule has 1 aromatic carbocycles. The number of phenols is 1. The molecule has 2 N–H and O–H groups in total. The maximum absolute atomic E-state index is 12.8. The van der Waals surface area contributed by atoms with Crippen LogP contribution >= 0.6 is 15.9 Å². The number of benzene rings is 1. The third-order valence-electron chi connectivity index (χ3n) is 6.28. The predicted molar refractivity (Wildman–Crippen MR) is 134 cm³/mol. The molecule has 0 bridgehead atoms. The van der Waals surface area contributed by atoms with Crippen LogP contribution in [0.3, 0.4) is 0 Å². The molecule has 0 spiro atoms. The summed E-state index contributed by atoms with van der Waals surface area (Å²) in [4.78, 5) is 4.48. The molecule has 4 rings (SSSR count). The van der Waals surface area contributed by atoms with Crippen LogP contribution < -0.4 is 0 Å². The number of allylic oxidation sites excluding steroid dienone is 1. The van der Waals surface area contributed by atoms with Gasteiger partial charge in [0.15, 0.2) is 9.84 Å². The second kappa shape index (κ2) is 9.74. The van der Waals surface area contributed by atoms with Gasteiger partial charge in [-0.05, 0) is 71.9 Å². The lowest BCUT2D eigenvalue weighted by atomic mass is 9.74. The number of aromatic nitrogens is 1. The van der Waals surface area contributed by atoms with E-state index in [0.717, 1.165) is 26.9 Å². The van der Waals surface area contributed by atoms with Crippen molar-refractivity contribution in [2.24, 2.45) is 5.92 Å². The number of rotatable bonds is 6. The van der Waals surface area contributed by atoms with Gasteiger partial charge in [0.2, 0.25) is 0 Å². The summed E-state index contributed by atoms with van der Waals surface area (Å²) in [6, 6.07) is 10.9. The van der Waals surface area contributed by atoms with Gasteiger partial charge in [-0.15, -0.1) is 0 Å².